The van der Waals surface area contributed by atoms with E-state index in [-0.39, 0.29) is 23.4 Å². The van der Waals surface area contributed by atoms with Crippen LogP contribution in [0, 0.1) is 0 Å². The zero-order valence-electron chi connectivity index (χ0n) is 16.2. The Morgan fingerprint density at radius 2 is 1.41 bits per heavy atom. The zero-order valence-corrected chi connectivity index (χ0v) is 16.2. The van der Waals surface area contributed by atoms with Gasteiger partial charge in [-0.2, -0.15) is 0 Å². The Balaban J connectivity index is 2.23. The highest BCUT2D eigenvalue weighted by Gasteiger charge is 2.31. The Hall–Kier alpha value is -2.49. The van der Waals surface area contributed by atoms with Gasteiger partial charge in [-0.25, -0.2) is 0 Å². The third-order valence-corrected chi connectivity index (χ3v) is 4.91. The predicted molar refractivity (Wildman–Crippen MR) is 107 cm³/mol. The van der Waals surface area contributed by atoms with Crippen LogP contribution < -0.4 is 0 Å². The molecule has 0 fully saturated rings. The van der Waals surface area contributed by atoms with Crippen molar-refractivity contribution in [2.45, 2.75) is 57.8 Å². The highest BCUT2D eigenvalue weighted by atomic mass is 16.5. The number of esters is 1. The van der Waals surface area contributed by atoms with Gasteiger partial charge in [-0.15, -0.1) is 0 Å². The molecule has 0 saturated heterocycles. The molecule has 0 unspecified atom stereocenters. The van der Waals surface area contributed by atoms with Gasteiger partial charge in [0, 0.05) is 5.92 Å². The Morgan fingerprint density at radius 3 is 1.93 bits per heavy atom. The molecular weight excluding hydrogens is 340 g/mol. The summed E-state index contributed by atoms with van der Waals surface area (Å²) < 4.78 is 5.61. The second-order valence-corrected chi connectivity index (χ2v) is 6.90. The SMILES string of the molecule is CCCCCCOC(=O)[C@@H](c1ccc(O)cc1)[C@H](CC)c1ccc(O)cc1. The molecule has 27 heavy (non-hydrogen) atoms. The van der Waals surface area contributed by atoms with E-state index < -0.39 is 5.92 Å². The van der Waals surface area contributed by atoms with E-state index in [1.165, 1.54) is 0 Å². The zero-order chi connectivity index (χ0) is 19.6. The molecule has 0 saturated carbocycles. The number of carbonyl (C=O) groups excluding carboxylic acids is 1. The van der Waals surface area contributed by atoms with E-state index in [9.17, 15) is 15.0 Å². The van der Waals surface area contributed by atoms with Crippen molar-refractivity contribution in [3.8, 4) is 11.5 Å². The van der Waals surface area contributed by atoms with Gasteiger partial charge in [0.15, 0.2) is 0 Å². The van der Waals surface area contributed by atoms with Crippen molar-refractivity contribution >= 4 is 5.97 Å². The molecule has 0 bridgehead atoms. The van der Waals surface area contributed by atoms with Gasteiger partial charge < -0.3 is 14.9 Å². The number of rotatable bonds is 10. The summed E-state index contributed by atoms with van der Waals surface area (Å²) in [4.78, 5) is 13.0. The fourth-order valence-corrected chi connectivity index (χ4v) is 3.39. The van der Waals surface area contributed by atoms with E-state index in [1.54, 1.807) is 36.4 Å². The summed E-state index contributed by atoms with van der Waals surface area (Å²) in [6, 6.07) is 13.7. The summed E-state index contributed by atoms with van der Waals surface area (Å²) in [6.45, 7) is 4.62. The van der Waals surface area contributed by atoms with Gasteiger partial charge in [0.25, 0.3) is 0 Å². The molecule has 0 amide bonds. The summed E-state index contributed by atoms with van der Waals surface area (Å²) in [5.74, 6) is -0.391. The number of unbranched alkanes of at least 4 members (excludes halogenated alkanes) is 3. The molecule has 2 atom stereocenters. The maximum Gasteiger partial charge on any atom is 0.314 e. The van der Waals surface area contributed by atoms with Gasteiger partial charge in [0.2, 0.25) is 0 Å². The lowest BCUT2D eigenvalue weighted by Gasteiger charge is -2.26. The molecule has 4 nitrogen and oxygen atoms in total. The second-order valence-electron chi connectivity index (χ2n) is 6.90. The number of benzene rings is 2. The third-order valence-electron chi connectivity index (χ3n) is 4.91. The van der Waals surface area contributed by atoms with Gasteiger partial charge in [0.05, 0.1) is 12.5 Å². The van der Waals surface area contributed by atoms with Crippen LogP contribution in [0.5, 0.6) is 11.5 Å². The van der Waals surface area contributed by atoms with Crippen molar-refractivity contribution in [2.75, 3.05) is 6.61 Å². The van der Waals surface area contributed by atoms with Gasteiger partial charge >= 0.3 is 5.97 Å². The predicted octanol–water partition coefficient (Wildman–Crippen LogP) is 5.50. The van der Waals surface area contributed by atoms with Gasteiger partial charge in [-0.1, -0.05) is 57.4 Å². The number of phenols is 2. The number of ether oxygens (including phenoxy) is 1. The number of hydrogen-bond donors (Lipinski definition) is 2. The van der Waals surface area contributed by atoms with Crippen molar-refractivity contribution in [3.63, 3.8) is 0 Å². The molecule has 146 valence electrons. The Kier molecular flexibility index (Phi) is 8.18. The molecule has 4 heteroatoms. The first-order chi connectivity index (χ1) is 13.1. The molecule has 0 aliphatic heterocycles. The molecule has 2 aromatic carbocycles. The van der Waals surface area contributed by atoms with E-state index in [0.717, 1.165) is 43.2 Å². The number of phenolic OH excluding ortho intramolecular Hbond substituents is 2. The van der Waals surface area contributed by atoms with Crippen molar-refractivity contribution < 1.29 is 19.7 Å². The molecule has 0 heterocycles. The van der Waals surface area contributed by atoms with Crippen LogP contribution in [0.25, 0.3) is 0 Å². The molecule has 0 aliphatic carbocycles. The maximum atomic E-state index is 13.0. The minimum atomic E-state index is -0.452. The molecule has 0 spiro atoms. The van der Waals surface area contributed by atoms with Gasteiger partial charge in [-0.05, 0) is 48.2 Å². The molecular formula is C23H30O4. The quantitative estimate of drug-likeness (QED) is 0.428. The summed E-state index contributed by atoms with van der Waals surface area (Å²) in [5, 5.41) is 19.2. The minimum Gasteiger partial charge on any atom is -0.508 e. The van der Waals surface area contributed by atoms with E-state index in [1.807, 2.05) is 19.1 Å². The monoisotopic (exact) mass is 370 g/mol. The Morgan fingerprint density at radius 1 is 0.852 bits per heavy atom. The van der Waals surface area contributed by atoms with Gasteiger partial charge in [0.1, 0.15) is 11.5 Å². The second kappa shape index (κ2) is 10.6. The van der Waals surface area contributed by atoms with Crippen LogP contribution in [-0.2, 0) is 9.53 Å². The van der Waals surface area contributed by atoms with Crippen LogP contribution >= 0.6 is 0 Å². The number of hydrogen-bond acceptors (Lipinski definition) is 4. The summed E-state index contributed by atoms with van der Waals surface area (Å²) in [7, 11) is 0. The molecule has 0 radical (unpaired) electrons. The molecule has 0 aromatic heterocycles. The van der Waals surface area contributed by atoms with E-state index in [0.29, 0.717) is 6.61 Å². The van der Waals surface area contributed by atoms with Gasteiger partial charge in [-0.3, -0.25) is 4.79 Å². The lowest BCUT2D eigenvalue weighted by Crippen LogP contribution is -2.23. The fourth-order valence-electron chi connectivity index (χ4n) is 3.39. The Bertz CT molecular complexity index is 691. The average molecular weight is 370 g/mol. The van der Waals surface area contributed by atoms with Crippen molar-refractivity contribution in [2.24, 2.45) is 0 Å². The topological polar surface area (TPSA) is 66.8 Å². The number of carbonyl (C=O) groups is 1. The first-order valence-corrected chi connectivity index (χ1v) is 9.81. The van der Waals surface area contributed by atoms with Crippen LogP contribution in [-0.4, -0.2) is 22.8 Å². The van der Waals surface area contributed by atoms with E-state index in [2.05, 4.69) is 6.92 Å². The highest BCUT2D eigenvalue weighted by Crippen LogP contribution is 2.37. The lowest BCUT2D eigenvalue weighted by atomic mass is 9.79. The normalized spacial score (nSPS) is 13.1. The molecule has 0 aliphatic rings. The largest absolute Gasteiger partial charge is 0.508 e. The van der Waals surface area contributed by atoms with Crippen LogP contribution in [0.4, 0.5) is 0 Å². The third kappa shape index (κ3) is 6.02. The van der Waals surface area contributed by atoms with Crippen molar-refractivity contribution in [3.05, 3.63) is 59.7 Å². The lowest BCUT2D eigenvalue weighted by molar-refractivity contribution is -0.146. The van der Waals surface area contributed by atoms with Crippen LogP contribution in [0.15, 0.2) is 48.5 Å². The summed E-state index contributed by atoms with van der Waals surface area (Å²) in [6.07, 6.45) is 4.97. The first-order valence-electron chi connectivity index (χ1n) is 9.81. The van der Waals surface area contributed by atoms with E-state index in [4.69, 9.17) is 4.74 Å². The Labute approximate surface area is 161 Å². The minimum absolute atomic E-state index is 0.0710. The smallest absolute Gasteiger partial charge is 0.314 e. The standard InChI is InChI=1S/C23H30O4/c1-3-5-6-7-16-27-23(26)22(18-10-14-20(25)15-11-18)21(4-2)17-8-12-19(24)13-9-17/h8-15,21-22,24-25H,3-7,16H2,1-2H3/t21-,22+/m1/s1. The number of aromatic hydroxyl groups is 2. The van der Waals surface area contributed by atoms with Crippen molar-refractivity contribution in [1.82, 2.24) is 0 Å². The van der Waals surface area contributed by atoms with Crippen LogP contribution in [0.3, 0.4) is 0 Å². The van der Waals surface area contributed by atoms with E-state index >= 15 is 0 Å². The molecule has 2 aromatic rings. The van der Waals surface area contributed by atoms with Crippen LogP contribution in [0.1, 0.15) is 68.9 Å². The summed E-state index contributed by atoms with van der Waals surface area (Å²) >= 11 is 0. The van der Waals surface area contributed by atoms with Crippen molar-refractivity contribution in [1.29, 1.82) is 0 Å². The summed E-state index contributed by atoms with van der Waals surface area (Å²) in [5.41, 5.74) is 1.81. The molecule has 2 N–H and O–H groups in total. The fraction of sp³-hybridized carbons (Fsp3) is 0.435. The average Bonchev–Trinajstić information content (AvgIpc) is 2.67. The molecule has 2 rings (SSSR count). The first kappa shape index (κ1) is 20.8. The van der Waals surface area contributed by atoms with Crippen LogP contribution in [0.2, 0.25) is 0 Å². The highest BCUT2D eigenvalue weighted by molar-refractivity contribution is 5.79. The maximum absolute atomic E-state index is 13.0.